The molecule has 228 valence electrons. The molecule has 2 aromatic carbocycles. The third-order valence-corrected chi connectivity index (χ3v) is 12.2. The molecule has 0 saturated heterocycles. The second-order valence-corrected chi connectivity index (χ2v) is 18.3. The number of benzene rings is 2. The van der Waals surface area contributed by atoms with Gasteiger partial charge in [-0.05, 0) is 93.6 Å². The van der Waals surface area contributed by atoms with E-state index in [1.165, 1.54) is 4.57 Å². The molecule has 1 N–H and O–H groups in total. The van der Waals surface area contributed by atoms with Crippen molar-refractivity contribution in [3.8, 4) is 28.3 Å². The molecule has 0 radical (unpaired) electrons. The Bertz CT molecular complexity index is 1710. The van der Waals surface area contributed by atoms with Gasteiger partial charge >= 0.3 is 0 Å². The lowest BCUT2D eigenvalue weighted by Crippen LogP contribution is -2.43. The zero-order valence-corrected chi connectivity index (χ0v) is 28.3. The van der Waals surface area contributed by atoms with E-state index >= 15 is 0 Å². The van der Waals surface area contributed by atoms with Crippen molar-refractivity contribution in [1.82, 2.24) is 24.8 Å². The monoisotopic (exact) mass is 619 g/mol. The zero-order valence-electron chi connectivity index (χ0n) is 26.6. The number of nitrogens with zero attached hydrogens (tertiary/aromatic N) is 4. The highest BCUT2D eigenvalue weighted by atomic mass is 35.5. The molecule has 0 unspecified atom stereocenters. The highest BCUT2D eigenvalue weighted by Crippen LogP contribution is 2.38. The molecule has 10 heteroatoms. The van der Waals surface area contributed by atoms with E-state index in [4.69, 9.17) is 21.0 Å². The van der Waals surface area contributed by atoms with Crippen LogP contribution in [-0.4, -0.2) is 53.8 Å². The van der Waals surface area contributed by atoms with Crippen molar-refractivity contribution >= 4 is 36.9 Å². The quantitative estimate of drug-likeness (QED) is 0.209. The number of halogens is 1. The highest BCUT2D eigenvalue weighted by molar-refractivity contribution is 6.74. The van der Waals surface area contributed by atoms with Crippen molar-refractivity contribution in [2.45, 2.75) is 71.9 Å². The van der Waals surface area contributed by atoms with Gasteiger partial charge in [-0.2, -0.15) is 0 Å². The maximum absolute atomic E-state index is 14.1. The molecule has 2 aromatic heterocycles. The molecule has 0 aliphatic carbocycles. The summed E-state index contributed by atoms with van der Waals surface area (Å²) in [6, 6.07) is 15.1. The summed E-state index contributed by atoms with van der Waals surface area (Å²) in [4.78, 5) is 38.6. The van der Waals surface area contributed by atoms with Crippen LogP contribution in [0.5, 0.6) is 5.75 Å². The van der Waals surface area contributed by atoms with E-state index in [-0.39, 0.29) is 29.1 Å². The fourth-order valence-corrected chi connectivity index (χ4v) is 5.84. The molecular formula is C33H42ClN5O3Si. The largest absolute Gasteiger partial charge is 0.543 e. The molecule has 2 heterocycles. The molecule has 0 atom stereocenters. The van der Waals surface area contributed by atoms with E-state index in [1.807, 2.05) is 70.4 Å². The van der Waals surface area contributed by atoms with Crippen molar-refractivity contribution in [2.24, 2.45) is 0 Å². The minimum absolute atomic E-state index is 0.0130. The molecule has 1 amide bonds. The van der Waals surface area contributed by atoms with Gasteiger partial charge in [-0.3, -0.25) is 14.2 Å². The minimum Gasteiger partial charge on any atom is -0.543 e. The summed E-state index contributed by atoms with van der Waals surface area (Å²) in [5.41, 5.74) is 3.26. The second-order valence-electron chi connectivity index (χ2n) is 13.1. The summed E-state index contributed by atoms with van der Waals surface area (Å²) >= 11 is 6.45. The van der Waals surface area contributed by atoms with Gasteiger partial charge in [0, 0.05) is 34.9 Å². The third kappa shape index (κ3) is 7.71. The van der Waals surface area contributed by atoms with Crippen LogP contribution in [0.3, 0.4) is 0 Å². The Morgan fingerprint density at radius 3 is 2.44 bits per heavy atom. The summed E-state index contributed by atoms with van der Waals surface area (Å²) in [5, 5.41) is 3.83. The zero-order chi connectivity index (χ0) is 31.7. The Morgan fingerprint density at radius 1 is 1.07 bits per heavy atom. The Kier molecular flexibility index (Phi) is 9.49. The van der Waals surface area contributed by atoms with E-state index < -0.39 is 8.32 Å². The van der Waals surface area contributed by atoms with Gasteiger partial charge < -0.3 is 14.6 Å². The van der Waals surface area contributed by atoms with E-state index in [1.54, 1.807) is 12.3 Å². The first-order chi connectivity index (χ1) is 20.0. The smallest absolute Gasteiger partial charge is 0.263 e. The van der Waals surface area contributed by atoms with Gasteiger partial charge in [-0.25, -0.2) is 9.97 Å². The molecular weight excluding hydrogens is 578 g/mol. The first kappa shape index (κ1) is 32.4. The molecule has 43 heavy (non-hydrogen) atoms. The molecule has 0 fully saturated rings. The molecule has 4 aromatic rings. The Labute approximate surface area is 260 Å². The van der Waals surface area contributed by atoms with Gasteiger partial charge in [-0.15, -0.1) is 0 Å². The predicted octanol–water partition coefficient (Wildman–Crippen LogP) is 6.75. The van der Waals surface area contributed by atoms with Crippen molar-refractivity contribution in [2.75, 3.05) is 14.1 Å². The number of carbonyl (C=O) groups is 1. The number of carbonyl (C=O) groups excluding carboxylic acids is 1. The first-order valence-electron chi connectivity index (χ1n) is 14.5. The Hall–Kier alpha value is -3.53. The minimum atomic E-state index is -2.12. The number of hydrogen-bond donors (Lipinski definition) is 1. The normalized spacial score (nSPS) is 12.3. The van der Waals surface area contributed by atoms with Crippen LogP contribution in [0.1, 0.15) is 40.2 Å². The summed E-state index contributed by atoms with van der Waals surface area (Å²) in [6.07, 6.45) is 1.70. The second kappa shape index (κ2) is 12.6. The third-order valence-electron chi connectivity index (χ3n) is 7.62. The highest BCUT2D eigenvalue weighted by Gasteiger charge is 2.39. The van der Waals surface area contributed by atoms with Crippen molar-refractivity contribution in [3.63, 3.8) is 0 Å². The van der Waals surface area contributed by atoms with Gasteiger partial charge in [0.05, 0.1) is 5.39 Å². The molecule has 0 aliphatic heterocycles. The van der Waals surface area contributed by atoms with Crippen LogP contribution in [0.25, 0.3) is 33.5 Å². The molecule has 0 bridgehead atoms. The van der Waals surface area contributed by atoms with Gasteiger partial charge in [-0.1, -0.05) is 44.5 Å². The SMILES string of the molecule is CC(C)NC(=O)Cn1c(-c2cccc(O[Si](C)(C)C(C)(C)C)c2)nc2ncc(-c3cc(Cl)cc(CN(C)C)c3)cc2c1=O. The van der Waals surface area contributed by atoms with Crippen molar-refractivity contribution < 1.29 is 9.22 Å². The lowest BCUT2D eigenvalue weighted by molar-refractivity contribution is -0.122. The number of aromatic nitrogens is 3. The van der Waals surface area contributed by atoms with Crippen LogP contribution >= 0.6 is 11.6 Å². The fraction of sp³-hybridized carbons (Fsp3) is 0.394. The van der Waals surface area contributed by atoms with E-state index in [9.17, 15) is 9.59 Å². The lowest BCUT2D eigenvalue weighted by Gasteiger charge is -2.36. The molecule has 8 nitrogen and oxygen atoms in total. The van der Waals surface area contributed by atoms with Crippen LogP contribution in [0.4, 0.5) is 0 Å². The number of fused-ring (bicyclic) bond motifs is 1. The summed E-state index contributed by atoms with van der Waals surface area (Å²) in [7, 11) is 1.87. The lowest BCUT2D eigenvalue weighted by atomic mass is 10.0. The van der Waals surface area contributed by atoms with Crippen LogP contribution < -0.4 is 15.3 Å². The molecule has 4 rings (SSSR count). The van der Waals surface area contributed by atoms with E-state index in [0.717, 1.165) is 23.2 Å². The Morgan fingerprint density at radius 2 is 1.79 bits per heavy atom. The van der Waals surface area contributed by atoms with Crippen LogP contribution in [0, 0.1) is 0 Å². The van der Waals surface area contributed by atoms with Crippen LogP contribution in [-0.2, 0) is 17.9 Å². The molecule has 0 aliphatic rings. The fourth-order valence-electron chi connectivity index (χ4n) is 4.56. The summed E-state index contributed by atoms with van der Waals surface area (Å²) in [5.74, 6) is 0.781. The van der Waals surface area contributed by atoms with Gasteiger partial charge in [0.25, 0.3) is 5.56 Å². The van der Waals surface area contributed by atoms with E-state index in [0.29, 0.717) is 33.2 Å². The van der Waals surface area contributed by atoms with Gasteiger partial charge in [0.1, 0.15) is 18.1 Å². The summed E-state index contributed by atoms with van der Waals surface area (Å²) < 4.78 is 7.97. The van der Waals surface area contributed by atoms with Gasteiger partial charge in [0.2, 0.25) is 14.2 Å². The van der Waals surface area contributed by atoms with E-state index in [2.05, 4.69) is 49.1 Å². The van der Waals surface area contributed by atoms with Crippen LogP contribution in [0.2, 0.25) is 23.2 Å². The van der Waals surface area contributed by atoms with Crippen LogP contribution in [0.15, 0.2) is 59.5 Å². The van der Waals surface area contributed by atoms with Gasteiger partial charge in [0.15, 0.2) is 5.65 Å². The number of rotatable bonds is 9. The molecule has 0 spiro atoms. The number of nitrogens with one attached hydrogen (secondary N) is 1. The first-order valence-corrected chi connectivity index (χ1v) is 17.8. The average Bonchev–Trinajstić information content (AvgIpc) is 2.88. The topological polar surface area (TPSA) is 89.3 Å². The molecule has 0 saturated carbocycles. The van der Waals surface area contributed by atoms with Crippen molar-refractivity contribution in [3.05, 3.63) is 75.7 Å². The number of pyridine rings is 1. The average molecular weight is 620 g/mol. The Balaban J connectivity index is 1.87. The predicted molar refractivity (Wildman–Crippen MR) is 178 cm³/mol. The maximum atomic E-state index is 14.1. The standard InChI is InChI=1S/C33H42ClN5O3Si/c1-21(2)36-29(40)20-39-31(23-11-10-12-27(16-23)42-43(8,9)33(3,4)5)37-30-28(32(39)41)17-25(18-35-30)24-13-22(19-38(6)7)14-26(34)15-24/h10-18,21H,19-20H2,1-9H3,(H,36,40). The van der Waals surface area contributed by atoms with Crippen molar-refractivity contribution in [1.29, 1.82) is 0 Å². The maximum Gasteiger partial charge on any atom is 0.263 e. The number of hydrogen-bond acceptors (Lipinski definition) is 6. The number of amides is 1. The summed E-state index contributed by atoms with van der Waals surface area (Å²) in [6.45, 7) is 15.2.